The molecule has 0 bridgehead atoms. The summed E-state index contributed by atoms with van der Waals surface area (Å²) in [7, 11) is 0. The van der Waals surface area contributed by atoms with Gasteiger partial charge in [0.2, 0.25) is 0 Å². The minimum atomic E-state index is -1.12. The molecule has 110 valence electrons. The Kier molecular flexibility index (Phi) is 4.77. The van der Waals surface area contributed by atoms with Crippen LogP contribution >= 0.6 is 22.9 Å². The molecule has 1 unspecified atom stereocenters. The maximum absolute atomic E-state index is 11.8. The average molecular weight is 326 g/mol. The molecule has 2 aromatic rings. The number of nitrogens with zero attached hydrogens (tertiary/aromatic N) is 1. The van der Waals surface area contributed by atoms with Crippen molar-refractivity contribution in [3.8, 4) is 0 Å². The first-order chi connectivity index (χ1) is 9.97. The Morgan fingerprint density at radius 3 is 2.76 bits per heavy atom. The van der Waals surface area contributed by atoms with E-state index in [4.69, 9.17) is 16.7 Å². The van der Waals surface area contributed by atoms with Crippen LogP contribution in [-0.2, 0) is 0 Å². The van der Waals surface area contributed by atoms with Gasteiger partial charge >= 0.3 is 12.0 Å². The average Bonchev–Trinajstić information content (AvgIpc) is 2.91. The van der Waals surface area contributed by atoms with Gasteiger partial charge in [0.05, 0.1) is 16.6 Å². The van der Waals surface area contributed by atoms with E-state index in [2.05, 4.69) is 15.6 Å². The molecule has 0 saturated heterocycles. The van der Waals surface area contributed by atoms with Gasteiger partial charge in [-0.3, -0.25) is 0 Å². The zero-order chi connectivity index (χ0) is 15.4. The van der Waals surface area contributed by atoms with Crippen molar-refractivity contribution in [1.82, 2.24) is 10.3 Å². The lowest BCUT2D eigenvalue weighted by Gasteiger charge is -2.12. The molecule has 0 spiro atoms. The Labute approximate surface area is 129 Å². The molecule has 0 aliphatic heterocycles. The van der Waals surface area contributed by atoms with Crippen molar-refractivity contribution in [3.05, 3.63) is 45.4 Å². The van der Waals surface area contributed by atoms with Crippen LogP contribution < -0.4 is 10.6 Å². The number of hydrogen-bond donors (Lipinski definition) is 3. The van der Waals surface area contributed by atoms with E-state index in [0.29, 0.717) is 5.69 Å². The van der Waals surface area contributed by atoms with Gasteiger partial charge in [0.25, 0.3) is 0 Å². The summed E-state index contributed by atoms with van der Waals surface area (Å²) in [5.74, 6) is -1.12. The van der Waals surface area contributed by atoms with Crippen molar-refractivity contribution < 1.29 is 14.7 Å². The van der Waals surface area contributed by atoms with Gasteiger partial charge in [-0.1, -0.05) is 11.6 Å². The van der Waals surface area contributed by atoms with Crippen LogP contribution in [0.25, 0.3) is 0 Å². The lowest BCUT2D eigenvalue weighted by Crippen LogP contribution is -2.31. The number of amides is 2. The molecular formula is C13H12ClN3O3S. The number of anilines is 1. The van der Waals surface area contributed by atoms with Crippen molar-refractivity contribution in [2.75, 3.05) is 5.32 Å². The molecule has 0 saturated carbocycles. The van der Waals surface area contributed by atoms with Crippen LogP contribution in [0, 0.1) is 0 Å². The van der Waals surface area contributed by atoms with Gasteiger partial charge in [0.1, 0.15) is 5.01 Å². The van der Waals surface area contributed by atoms with Gasteiger partial charge < -0.3 is 15.7 Å². The third-order valence-corrected chi connectivity index (χ3v) is 3.90. The van der Waals surface area contributed by atoms with E-state index >= 15 is 0 Å². The first-order valence-corrected chi connectivity index (χ1v) is 7.23. The smallest absolute Gasteiger partial charge is 0.337 e. The summed E-state index contributed by atoms with van der Waals surface area (Å²) in [6.45, 7) is 1.82. The molecule has 1 heterocycles. The van der Waals surface area contributed by atoms with Crippen LogP contribution in [-0.4, -0.2) is 22.1 Å². The van der Waals surface area contributed by atoms with E-state index in [1.165, 1.54) is 29.5 Å². The summed E-state index contributed by atoms with van der Waals surface area (Å²) >= 11 is 7.28. The van der Waals surface area contributed by atoms with E-state index in [1.54, 1.807) is 6.20 Å². The molecule has 0 aliphatic carbocycles. The standard InChI is InChI=1S/C13H12ClN3O3S/c1-7(11-15-4-5-21-11)16-13(20)17-8-2-3-9(12(18)19)10(14)6-8/h2-7H,1H3,(H,18,19)(H2,16,17,20). The number of hydrogen-bond acceptors (Lipinski definition) is 4. The molecule has 21 heavy (non-hydrogen) atoms. The molecular weight excluding hydrogens is 314 g/mol. The molecule has 1 atom stereocenters. The zero-order valence-corrected chi connectivity index (χ0v) is 12.5. The van der Waals surface area contributed by atoms with Gasteiger partial charge in [-0.25, -0.2) is 14.6 Å². The van der Waals surface area contributed by atoms with E-state index in [9.17, 15) is 9.59 Å². The normalized spacial score (nSPS) is 11.7. The van der Waals surface area contributed by atoms with Crippen molar-refractivity contribution >= 4 is 40.6 Å². The van der Waals surface area contributed by atoms with Crippen LogP contribution in [0.3, 0.4) is 0 Å². The fraction of sp³-hybridized carbons (Fsp3) is 0.154. The lowest BCUT2D eigenvalue weighted by molar-refractivity contribution is 0.0697. The monoisotopic (exact) mass is 325 g/mol. The second-order valence-electron chi connectivity index (χ2n) is 4.19. The number of carboxylic acid groups (broad SMARTS) is 1. The van der Waals surface area contributed by atoms with Crippen molar-refractivity contribution in [1.29, 1.82) is 0 Å². The van der Waals surface area contributed by atoms with E-state index in [-0.39, 0.29) is 16.6 Å². The second kappa shape index (κ2) is 6.55. The topological polar surface area (TPSA) is 91.3 Å². The maximum Gasteiger partial charge on any atom is 0.337 e. The number of urea groups is 1. The molecule has 6 nitrogen and oxygen atoms in total. The molecule has 2 amide bonds. The number of nitrogens with one attached hydrogen (secondary N) is 2. The highest BCUT2D eigenvalue weighted by molar-refractivity contribution is 7.09. The molecule has 1 aromatic carbocycles. The van der Waals surface area contributed by atoms with Crippen molar-refractivity contribution in [2.24, 2.45) is 0 Å². The van der Waals surface area contributed by atoms with Gasteiger partial charge in [-0.05, 0) is 25.1 Å². The third kappa shape index (κ3) is 3.93. The predicted octanol–water partition coefficient (Wildman–Crippen LogP) is 3.38. The fourth-order valence-corrected chi connectivity index (χ4v) is 2.55. The van der Waals surface area contributed by atoms with Crippen molar-refractivity contribution in [2.45, 2.75) is 13.0 Å². The molecule has 2 rings (SSSR count). The maximum atomic E-state index is 11.8. The van der Waals surface area contributed by atoms with E-state index in [0.717, 1.165) is 5.01 Å². The number of rotatable bonds is 4. The van der Waals surface area contributed by atoms with Gasteiger partial charge in [-0.2, -0.15) is 0 Å². The number of carbonyl (C=O) groups excluding carboxylic acids is 1. The molecule has 3 N–H and O–H groups in total. The Balaban J connectivity index is 2.00. The second-order valence-corrected chi connectivity index (χ2v) is 5.52. The quantitative estimate of drug-likeness (QED) is 0.803. The summed E-state index contributed by atoms with van der Waals surface area (Å²) in [6, 6.07) is 3.56. The Hall–Kier alpha value is -2.12. The molecule has 1 aromatic heterocycles. The summed E-state index contributed by atoms with van der Waals surface area (Å²) in [5, 5.41) is 16.9. The summed E-state index contributed by atoms with van der Waals surface area (Å²) in [6.07, 6.45) is 1.67. The summed E-state index contributed by atoms with van der Waals surface area (Å²) in [4.78, 5) is 26.8. The first kappa shape index (κ1) is 15.3. The minimum absolute atomic E-state index is 0.0150. The Morgan fingerprint density at radius 1 is 1.43 bits per heavy atom. The number of aromatic carboxylic acids is 1. The highest BCUT2D eigenvalue weighted by atomic mass is 35.5. The van der Waals surface area contributed by atoms with Crippen LogP contribution in [0.4, 0.5) is 10.5 Å². The van der Waals surface area contributed by atoms with Crippen LogP contribution in [0.15, 0.2) is 29.8 Å². The predicted molar refractivity (Wildman–Crippen MR) is 81.1 cm³/mol. The SMILES string of the molecule is CC(NC(=O)Nc1ccc(C(=O)O)c(Cl)c1)c1nccs1. The van der Waals surface area contributed by atoms with Crippen LogP contribution in [0.1, 0.15) is 28.3 Å². The van der Waals surface area contributed by atoms with E-state index in [1.807, 2.05) is 12.3 Å². The molecule has 8 heteroatoms. The number of carbonyl (C=O) groups is 2. The van der Waals surface area contributed by atoms with Gasteiger partial charge in [0.15, 0.2) is 0 Å². The highest BCUT2D eigenvalue weighted by Gasteiger charge is 2.13. The molecule has 0 radical (unpaired) electrons. The summed E-state index contributed by atoms with van der Waals surface area (Å²) in [5.41, 5.74) is 0.396. The van der Waals surface area contributed by atoms with Gasteiger partial charge in [-0.15, -0.1) is 11.3 Å². The van der Waals surface area contributed by atoms with Crippen LogP contribution in [0.2, 0.25) is 5.02 Å². The fourth-order valence-electron chi connectivity index (χ4n) is 1.64. The number of halogens is 1. The highest BCUT2D eigenvalue weighted by Crippen LogP contribution is 2.21. The number of benzene rings is 1. The summed E-state index contributed by atoms with van der Waals surface area (Å²) < 4.78 is 0. The van der Waals surface area contributed by atoms with E-state index < -0.39 is 12.0 Å². The number of carboxylic acids is 1. The van der Waals surface area contributed by atoms with Crippen molar-refractivity contribution in [3.63, 3.8) is 0 Å². The minimum Gasteiger partial charge on any atom is -0.478 e. The lowest BCUT2D eigenvalue weighted by atomic mass is 10.2. The zero-order valence-electron chi connectivity index (χ0n) is 11.0. The van der Waals surface area contributed by atoms with Gasteiger partial charge in [0, 0.05) is 17.3 Å². The largest absolute Gasteiger partial charge is 0.478 e. The molecule has 0 aliphatic rings. The number of aromatic nitrogens is 1. The third-order valence-electron chi connectivity index (χ3n) is 2.63. The first-order valence-electron chi connectivity index (χ1n) is 5.97. The Morgan fingerprint density at radius 2 is 2.19 bits per heavy atom. The molecule has 0 fully saturated rings. The number of thiazole rings is 1. The van der Waals surface area contributed by atoms with Crippen LogP contribution in [0.5, 0.6) is 0 Å². The Bertz CT molecular complexity index is 661.